The van der Waals surface area contributed by atoms with Crippen LogP contribution in [0.2, 0.25) is 0 Å². The second-order valence-corrected chi connectivity index (χ2v) is 3.29. The van der Waals surface area contributed by atoms with Crippen molar-refractivity contribution in [3.8, 4) is 0 Å². The van der Waals surface area contributed by atoms with Gasteiger partial charge in [0, 0.05) is 17.7 Å². The van der Waals surface area contributed by atoms with Crippen molar-refractivity contribution in [1.29, 1.82) is 0 Å². The van der Waals surface area contributed by atoms with Crippen molar-refractivity contribution in [2.45, 2.75) is 25.8 Å². The Kier molecular flexibility index (Phi) is 1.57. The first-order chi connectivity index (χ1) is 4.49. The highest BCUT2D eigenvalue weighted by molar-refractivity contribution is 5.30. The Labute approximate surface area is 61.6 Å². The molecule has 0 aromatic carbocycles. The summed E-state index contributed by atoms with van der Waals surface area (Å²) in [4.78, 5) is 0. The molecule has 56 valence electrons. The molecule has 0 fully saturated rings. The fraction of sp³-hybridized carbons (Fsp3) is 0.500. The van der Waals surface area contributed by atoms with Gasteiger partial charge in [-0.2, -0.15) is 0 Å². The van der Waals surface area contributed by atoms with E-state index in [9.17, 15) is 0 Å². The monoisotopic (exact) mass is 138 g/mol. The quantitative estimate of drug-likeness (QED) is 0.522. The Bertz CT molecular complexity index is 199. The zero-order valence-corrected chi connectivity index (χ0v) is 6.52. The van der Waals surface area contributed by atoms with Gasteiger partial charge in [0.05, 0.1) is 0 Å². The van der Waals surface area contributed by atoms with E-state index in [1.54, 1.807) is 0 Å². The Hall–Kier alpha value is -0.760. The topological polar surface area (TPSA) is 52.0 Å². The summed E-state index contributed by atoms with van der Waals surface area (Å²) in [5, 5.41) is 0. The molecule has 0 bridgehead atoms. The van der Waals surface area contributed by atoms with Crippen LogP contribution in [0.3, 0.4) is 0 Å². The fourth-order valence-corrected chi connectivity index (χ4v) is 1.40. The second kappa shape index (κ2) is 2.13. The molecule has 0 amide bonds. The van der Waals surface area contributed by atoms with E-state index in [0.717, 1.165) is 17.7 Å². The van der Waals surface area contributed by atoms with Gasteiger partial charge in [-0.15, -0.1) is 0 Å². The van der Waals surface area contributed by atoms with Gasteiger partial charge in [0.1, 0.15) is 0 Å². The molecule has 1 rings (SSSR count). The molecule has 0 heterocycles. The highest BCUT2D eigenvalue weighted by Crippen LogP contribution is 2.20. The van der Waals surface area contributed by atoms with Crippen LogP contribution in [0.25, 0.3) is 0 Å². The Morgan fingerprint density at radius 1 is 1.60 bits per heavy atom. The Morgan fingerprint density at radius 2 is 2.20 bits per heavy atom. The fourth-order valence-electron chi connectivity index (χ4n) is 1.40. The predicted molar refractivity (Wildman–Crippen MR) is 43.2 cm³/mol. The van der Waals surface area contributed by atoms with Crippen molar-refractivity contribution in [2.24, 2.45) is 11.5 Å². The van der Waals surface area contributed by atoms with Crippen LogP contribution in [-0.4, -0.2) is 5.54 Å². The third-order valence-electron chi connectivity index (χ3n) is 1.56. The molecule has 1 aliphatic carbocycles. The molecule has 1 atom stereocenters. The first kappa shape index (κ1) is 7.35. The zero-order valence-electron chi connectivity index (χ0n) is 6.52. The molecule has 1 unspecified atom stereocenters. The van der Waals surface area contributed by atoms with Gasteiger partial charge in [-0.3, -0.25) is 0 Å². The lowest BCUT2D eigenvalue weighted by Gasteiger charge is -2.24. The van der Waals surface area contributed by atoms with Gasteiger partial charge in [-0.1, -0.05) is 11.6 Å². The molecule has 0 aromatic heterocycles. The minimum Gasteiger partial charge on any atom is -0.402 e. The van der Waals surface area contributed by atoms with Gasteiger partial charge in [-0.25, -0.2) is 0 Å². The normalized spacial score (nSPS) is 33.1. The molecule has 4 N–H and O–H groups in total. The molecule has 0 radical (unpaired) electrons. The highest BCUT2D eigenvalue weighted by Gasteiger charge is 2.19. The van der Waals surface area contributed by atoms with Crippen molar-refractivity contribution < 1.29 is 0 Å². The first-order valence-corrected chi connectivity index (χ1v) is 3.44. The van der Waals surface area contributed by atoms with E-state index in [0.29, 0.717) is 0 Å². The summed E-state index contributed by atoms with van der Waals surface area (Å²) >= 11 is 0. The van der Waals surface area contributed by atoms with E-state index < -0.39 is 0 Å². The summed E-state index contributed by atoms with van der Waals surface area (Å²) in [6, 6.07) is 0. The Balaban J connectivity index is 2.88. The van der Waals surface area contributed by atoms with Crippen molar-refractivity contribution in [3.05, 3.63) is 23.4 Å². The zero-order chi connectivity index (χ0) is 7.78. The average molecular weight is 138 g/mol. The van der Waals surface area contributed by atoms with Crippen LogP contribution in [0.1, 0.15) is 20.3 Å². The second-order valence-electron chi connectivity index (χ2n) is 3.29. The third kappa shape index (κ3) is 1.61. The van der Waals surface area contributed by atoms with E-state index in [2.05, 4.69) is 0 Å². The Morgan fingerprint density at radius 3 is 2.60 bits per heavy atom. The van der Waals surface area contributed by atoms with Crippen molar-refractivity contribution >= 4 is 0 Å². The molecule has 0 saturated heterocycles. The summed E-state index contributed by atoms with van der Waals surface area (Å²) in [5.41, 5.74) is 13.3. The summed E-state index contributed by atoms with van der Waals surface area (Å²) in [7, 11) is 0. The maximum absolute atomic E-state index is 5.86. The van der Waals surface area contributed by atoms with Crippen LogP contribution in [0.15, 0.2) is 23.4 Å². The number of rotatable bonds is 0. The van der Waals surface area contributed by atoms with Gasteiger partial charge in [-0.05, 0) is 19.9 Å². The van der Waals surface area contributed by atoms with Crippen LogP contribution >= 0.6 is 0 Å². The molecule has 10 heavy (non-hydrogen) atoms. The molecule has 0 aliphatic heterocycles. The summed E-state index contributed by atoms with van der Waals surface area (Å²) in [6.07, 6.45) is 4.78. The smallest absolute Gasteiger partial charge is 0.0371 e. The number of hydrogen-bond acceptors (Lipinski definition) is 2. The maximum atomic E-state index is 5.86. The molecular weight excluding hydrogens is 124 g/mol. The van der Waals surface area contributed by atoms with E-state index in [-0.39, 0.29) is 5.54 Å². The molecule has 0 saturated carbocycles. The van der Waals surface area contributed by atoms with Gasteiger partial charge in [0.15, 0.2) is 0 Å². The molecule has 0 spiro atoms. The molecular formula is C8H14N2. The molecule has 1 aliphatic rings. The van der Waals surface area contributed by atoms with E-state index in [1.165, 1.54) is 0 Å². The van der Waals surface area contributed by atoms with Crippen LogP contribution in [0.5, 0.6) is 0 Å². The summed E-state index contributed by atoms with van der Waals surface area (Å²) in [5.74, 6) is 0. The minimum atomic E-state index is -0.233. The first-order valence-electron chi connectivity index (χ1n) is 3.44. The maximum Gasteiger partial charge on any atom is 0.0371 e. The molecule has 2 heteroatoms. The lowest BCUT2D eigenvalue weighted by molar-refractivity contribution is 0.564. The summed E-state index contributed by atoms with van der Waals surface area (Å²) in [6.45, 7) is 3.99. The van der Waals surface area contributed by atoms with E-state index >= 15 is 0 Å². The SMILES string of the molecule is CC1=CC(C)(N)CC(N)=C1. The van der Waals surface area contributed by atoms with Crippen LogP contribution in [-0.2, 0) is 0 Å². The van der Waals surface area contributed by atoms with Crippen LogP contribution < -0.4 is 11.5 Å². The third-order valence-corrected chi connectivity index (χ3v) is 1.56. The predicted octanol–water partition coefficient (Wildman–Crippen LogP) is 0.896. The van der Waals surface area contributed by atoms with Gasteiger partial charge in [0.2, 0.25) is 0 Å². The summed E-state index contributed by atoms with van der Waals surface area (Å²) < 4.78 is 0. The average Bonchev–Trinajstić information content (AvgIpc) is 1.54. The van der Waals surface area contributed by atoms with Crippen molar-refractivity contribution in [1.82, 2.24) is 0 Å². The standard InChI is InChI=1S/C8H14N2/c1-6-3-7(9)5-8(2,10)4-6/h3-4H,5,9-10H2,1-2H3. The largest absolute Gasteiger partial charge is 0.402 e. The van der Waals surface area contributed by atoms with Crippen LogP contribution in [0.4, 0.5) is 0 Å². The van der Waals surface area contributed by atoms with Gasteiger partial charge in [0.25, 0.3) is 0 Å². The van der Waals surface area contributed by atoms with Crippen molar-refractivity contribution in [3.63, 3.8) is 0 Å². The van der Waals surface area contributed by atoms with E-state index in [1.807, 2.05) is 26.0 Å². The number of nitrogens with two attached hydrogens (primary N) is 2. The minimum absolute atomic E-state index is 0.233. The van der Waals surface area contributed by atoms with E-state index in [4.69, 9.17) is 11.5 Å². The number of hydrogen-bond donors (Lipinski definition) is 2. The van der Waals surface area contributed by atoms with Gasteiger partial charge >= 0.3 is 0 Å². The van der Waals surface area contributed by atoms with Crippen LogP contribution in [0, 0.1) is 0 Å². The lowest BCUT2D eigenvalue weighted by Crippen LogP contribution is -2.37. The highest BCUT2D eigenvalue weighted by atomic mass is 14.7. The lowest BCUT2D eigenvalue weighted by atomic mass is 9.90. The molecule has 2 nitrogen and oxygen atoms in total. The van der Waals surface area contributed by atoms with Crippen molar-refractivity contribution in [2.75, 3.05) is 0 Å². The molecule has 0 aromatic rings. The number of allylic oxidation sites excluding steroid dienone is 2. The van der Waals surface area contributed by atoms with Gasteiger partial charge < -0.3 is 11.5 Å².